The fraction of sp³-hybridized carbons (Fsp3) is 0.688. The van der Waals surface area contributed by atoms with E-state index in [0.29, 0.717) is 23.8 Å². The fourth-order valence-corrected chi connectivity index (χ4v) is 3.32. The topological polar surface area (TPSA) is 70.6 Å². The number of piperidine rings is 1. The van der Waals surface area contributed by atoms with Crippen molar-refractivity contribution in [1.29, 1.82) is 0 Å². The quantitative estimate of drug-likeness (QED) is 0.876. The van der Waals surface area contributed by atoms with E-state index in [-0.39, 0.29) is 5.92 Å². The van der Waals surface area contributed by atoms with Gasteiger partial charge in [0.15, 0.2) is 0 Å². The van der Waals surface area contributed by atoms with Gasteiger partial charge < -0.3 is 19.9 Å². The summed E-state index contributed by atoms with van der Waals surface area (Å²) in [6.45, 7) is 6.28. The van der Waals surface area contributed by atoms with E-state index in [9.17, 15) is 4.79 Å². The molecule has 2 aliphatic heterocycles. The molecule has 3 heterocycles. The second-order valence-corrected chi connectivity index (χ2v) is 6.30. The lowest BCUT2D eigenvalue weighted by atomic mass is 9.95. The summed E-state index contributed by atoms with van der Waals surface area (Å²) in [6, 6.07) is 2.13. The zero-order valence-electron chi connectivity index (χ0n) is 13.9. The number of carbonyl (C=O) groups is 1. The smallest absolute Gasteiger partial charge is 0.228 e. The number of methoxy groups -OCH3 is 1. The van der Waals surface area contributed by atoms with Gasteiger partial charge in [0.1, 0.15) is 0 Å². The summed E-state index contributed by atoms with van der Waals surface area (Å²) >= 11 is 0. The minimum absolute atomic E-state index is 0.127. The van der Waals surface area contributed by atoms with E-state index >= 15 is 0 Å². The van der Waals surface area contributed by atoms with Gasteiger partial charge in [0.05, 0.1) is 7.11 Å². The van der Waals surface area contributed by atoms with Crippen LogP contribution in [0.3, 0.4) is 0 Å². The van der Waals surface area contributed by atoms with E-state index in [1.165, 1.54) is 0 Å². The molecule has 0 spiro atoms. The predicted molar refractivity (Wildman–Crippen MR) is 87.6 cm³/mol. The number of hydrogen-bond donors (Lipinski definition) is 1. The predicted octanol–water partition coefficient (Wildman–Crippen LogP) is 0.522. The Labute approximate surface area is 137 Å². The van der Waals surface area contributed by atoms with Crippen LogP contribution in [0.15, 0.2) is 12.3 Å². The maximum Gasteiger partial charge on any atom is 0.228 e. The molecule has 2 saturated heterocycles. The van der Waals surface area contributed by atoms with Crippen LogP contribution in [-0.4, -0.2) is 66.7 Å². The molecule has 0 radical (unpaired) electrons. The van der Waals surface area contributed by atoms with E-state index in [0.717, 1.165) is 45.6 Å². The van der Waals surface area contributed by atoms with Crippen LogP contribution in [0.2, 0.25) is 0 Å². The SMILES string of the molecule is COc1ccnc(N2CCC(C(=O)N3CCN[C@H](C)C3)CC2)n1. The van der Waals surface area contributed by atoms with Crippen LogP contribution in [0.5, 0.6) is 5.88 Å². The number of rotatable bonds is 3. The molecule has 1 amide bonds. The molecule has 0 aliphatic carbocycles. The van der Waals surface area contributed by atoms with Crippen molar-refractivity contribution in [1.82, 2.24) is 20.2 Å². The van der Waals surface area contributed by atoms with Crippen LogP contribution in [0.25, 0.3) is 0 Å². The lowest BCUT2D eigenvalue weighted by Gasteiger charge is -2.37. The Hall–Kier alpha value is -1.89. The van der Waals surface area contributed by atoms with Crippen molar-refractivity contribution < 1.29 is 9.53 Å². The first-order valence-electron chi connectivity index (χ1n) is 8.31. The Morgan fingerprint density at radius 2 is 2.13 bits per heavy atom. The highest BCUT2D eigenvalue weighted by Gasteiger charge is 2.31. The maximum atomic E-state index is 12.7. The average Bonchev–Trinajstić information content (AvgIpc) is 2.61. The third-order valence-electron chi connectivity index (χ3n) is 4.63. The number of carbonyl (C=O) groups excluding carboxylic acids is 1. The van der Waals surface area contributed by atoms with E-state index in [1.807, 2.05) is 4.90 Å². The molecule has 0 aromatic carbocycles. The van der Waals surface area contributed by atoms with E-state index in [1.54, 1.807) is 19.4 Å². The van der Waals surface area contributed by atoms with E-state index in [2.05, 4.69) is 27.1 Å². The number of nitrogens with one attached hydrogen (secondary N) is 1. The molecule has 0 bridgehead atoms. The van der Waals surface area contributed by atoms with Gasteiger partial charge in [-0.25, -0.2) is 4.98 Å². The van der Waals surface area contributed by atoms with Crippen molar-refractivity contribution in [3.8, 4) is 5.88 Å². The molecule has 126 valence electrons. The van der Waals surface area contributed by atoms with Crippen LogP contribution in [0.1, 0.15) is 19.8 Å². The minimum Gasteiger partial charge on any atom is -0.481 e. The molecular weight excluding hydrogens is 294 g/mol. The molecule has 1 atom stereocenters. The fourth-order valence-electron chi connectivity index (χ4n) is 3.32. The summed E-state index contributed by atoms with van der Waals surface area (Å²) in [7, 11) is 1.60. The standard InChI is InChI=1S/C16H25N5O2/c1-12-11-21(10-7-17-12)15(22)13-4-8-20(9-5-13)16-18-6-3-14(19-16)23-2/h3,6,12-13,17H,4-5,7-11H2,1-2H3/t12-/m1/s1. The van der Waals surface area contributed by atoms with Crippen LogP contribution in [0, 0.1) is 5.92 Å². The van der Waals surface area contributed by atoms with Crippen molar-refractivity contribution in [2.24, 2.45) is 5.92 Å². The first-order chi connectivity index (χ1) is 11.2. The number of ether oxygens (including phenoxy) is 1. The monoisotopic (exact) mass is 319 g/mol. The largest absolute Gasteiger partial charge is 0.481 e. The molecule has 2 fully saturated rings. The van der Waals surface area contributed by atoms with Crippen LogP contribution >= 0.6 is 0 Å². The Morgan fingerprint density at radius 3 is 2.83 bits per heavy atom. The summed E-state index contributed by atoms with van der Waals surface area (Å²) in [6.07, 6.45) is 3.43. The van der Waals surface area contributed by atoms with Crippen molar-refractivity contribution in [3.05, 3.63) is 12.3 Å². The third kappa shape index (κ3) is 3.72. The van der Waals surface area contributed by atoms with Gasteiger partial charge in [-0.1, -0.05) is 0 Å². The summed E-state index contributed by atoms with van der Waals surface area (Å²) in [5, 5.41) is 3.38. The third-order valence-corrected chi connectivity index (χ3v) is 4.63. The Kier molecular flexibility index (Phi) is 4.95. The lowest BCUT2D eigenvalue weighted by molar-refractivity contribution is -0.137. The number of hydrogen-bond acceptors (Lipinski definition) is 6. The Balaban J connectivity index is 1.56. The number of anilines is 1. The zero-order chi connectivity index (χ0) is 16.2. The van der Waals surface area contributed by atoms with Gasteiger partial charge in [-0.05, 0) is 19.8 Å². The van der Waals surface area contributed by atoms with Gasteiger partial charge in [0, 0.05) is 56.9 Å². The minimum atomic E-state index is 0.127. The number of piperazine rings is 1. The van der Waals surface area contributed by atoms with Gasteiger partial charge in [0.25, 0.3) is 0 Å². The lowest BCUT2D eigenvalue weighted by Crippen LogP contribution is -2.53. The first kappa shape index (κ1) is 16.0. The van der Waals surface area contributed by atoms with Gasteiger partial charge in [-0.15, -0.1) is 0 Å². The summed E-state index contributed by atoms with van der Waals surface area (Å²) in [5.74, 6) is 1.70. The van der Waals surface area contributed by atoms with Gasteiger partial charge in [-0.2, -0.15) is 4.98 Å². The first-order valence-corrected chi connectivity index (χ1v) is 8.31. The maximum absolute atomic E-state index is 12.7. The van der Waals surface area contributed by atoms with Crippen LogP contribution in [-0.2, 0) is 4.79 Å². The number of amides is 1. The van der Waals surface area contributed by atoms with Crippen molar-refractivity contribution in [3.63, 3.8) is 0 Å². The summed E-state index contributed by atoms with van der Waals surface area (Å²) in [4.78, 5) is 25.5. The molecule has 0 saturated carbocycles. The Bertz CT molecular complexity index is 545. The van der Waals surface area contributed by atoms with Crippen molar-refractivity contribution in [2.75, 3.05) is 44.7 Å². The second-order valence-electron chi connectivity index (χ2n) is 6.30. The molecule has 7 nitrogen and oxygen atoms in total. The highest BCUT2D eigenvalue weighted by Crippen LogP contribution is 2.23. The molecule has 7 heteroatoms. The highest BCUT2D eigenvalue weighted by molar-refractivity contribution is 5.79. The summed E-state index contributed by atoms with van der Waals surface area (Å²) < 4.78 is 5.15. The zero-order valence-corrected chi connectivity index (χ0v) is 13.9. The van der Waals surface area contributed by atoms with Gasteiger partial charge in [0.2, 0.25) is 17.7 Å². The summed E-state index contributed by atoms with van der Waals surface area (Å²) in [5.41, 5.74) is 0. The van der Waals surface area contributed by atoms with Crippen LogP contribution < -0.4 is 15.0 Å². The Morgan fingerprint density at radius 1 is 1.35 bits per heavy atom. The molecule has 2 aliphatic rings. The van der Waals surface area contributed by atoms with Crippen LogP contribution in [0.4, 0.5) is 5.95 Å². The highest BCUT2D eigenvalue weighted by atomic mass is 16.5. The number of aromatic nitrogens is 2. The normalized spacial score (nSPS) is 23.0. The van der Waals surface area contributed by atoms with Gasteiger partial charge in [-0.3, -0.25) is 4.79 Å². The molecule has 1 aromatic heterocycles. The molecule has 1 N–H and O–H groups in total. The molecular formula is C16H25N5O2. The molecule has 0 unspecified atom stereocenters. The van der Waals surface area contributed by atoms with Gasteiger partial charge >= 0.3 is 0 Å². The molecule has 1 aromatic rings. The van der Waals surface area contributed by atoms with E-state index < -0.39 is 0 Å². The average molecular weight is 319 g/mol. The van der Waals surface area contributed by atoms with Crippen molar-refractivity contribution in [2.45, 2.75) is 25.8 Å². The van der Waals surface area contributed by atoms with Crippen molar-refractivity contribution >= 4 is 11.9 Å². The number of nitrogens with zero attached hydrogens (tertiary/aromatic N) is 4. The second kappa shape index (κ2) is 7.12. The van der Waals surface area contributed by atoms with E-state index in [4.69, 9.17) is 4.74 Å². The molecule has 3 rings (SSSR count). The molecule has 23 heavy (non-hydrogen) atoms.